The zero-order valence-electron chi connectivity index (χ0n) is 14.7. The summed E-state index contributed by atoms with van der Waals surface area (Å²) in [4.78, 5) is 7.79. The Morgan fingerprint density at radius 3 is 2.73 bits per heavy atom. The minimum Gasteiger partial charge on any atom is -0.477 e. The monoisotopic (exact) mass is 390 g/mol. The molecule has 0 bridgehead atoms. The quantitative estimate of drug-likeness (QED) is 0.582. The summed E-state index contributed by atoms with van der Waals surface area (Å²) in [6.07, 6.45) is 0.791. The van der Waals surface area contributed by atoms with E-state index in [4.69, 9.17) is 32.8 Å². The molecule has 2 aromatic carbocycles. The topological polar surface area (TPSA) is 33.7 Å². The van der Waals surface area contributed by atoms with Crippen molar-refractivity contribution in [3.63, 3.8) is 0 Å². The second-order valence-corrected chi connectivity index (χ2v) is 7.65. The molecule has 0 amide bonds. The van der Waals surface area contributed by atoms with Crippen molar-refractivity contribution in [2.45, 2.75) is 12.0 Å². The molecule has 0 spiro atoms. The maximum Gasteiger partial charge on any atom is 0.162 e. The van der Waals surface area contributed by atoms with Gasteiger partial charge in [0.1, 0.15) is 5.75 Å². The molecular formula is C20H20Cl2N2O2. The molecule has 2 aromatic rings. The van der Waals surface area contributed by atoms with Crippen LogP contribution < -0.4 is 10.2 Å². The van der Waals surface area contributed by atoms with Gasteiger partial charge < -0.3 is 9.64 Å². The Labute approximate surface area is 163 Å². The Morgan fingerprint density at radius 1 is 1.15 bits per heavy atom. The van der Waals surface area contributed by atoms with Gasteiger partial charge in [-0.3, -0.25) is 10.3 Å². The Balaban J connectivity index is 1.67. The predicted molar refractivity (Wildman–Crippen MR) is 104 cm³/mol. The molecule has 1 unspecified atom stereocenters. The third kappa shape index (κ3) is 3.08. The van der Waals surface area contributed by atoms with Crippen LogP contribution in [0.2, 0.25) is 10.0 Å². The molecule has 1 heterocycles. The molecule has 4 nitrogen and oxygen atoms in total. The van der Waals surface area contributed by atoms with Crippen LogP contribution in [0.1, 0.15) is 17.5 Å². The van der Waals surface area contributed by atoms with Gasteiger partial charge in [0, 0.05) is 29.7 Å². The highest BCUT2D eigenvalue weighted by atomic mass is 35.5. The van der Waals surface area contributed by atoms with Crippen LogP contribution in [-0.4, -0.2) is 32.1 Å². The first-order chi connectivity index (χ1) is 12.5. The summed E-state index contributed by atoms with van der Waals surface area (Å²) in [5.41, 5.74) is 6.84. The third-order valence-electron chi connectivity index (χ3n) is 4.73. The van der Waals surface area contributed by atoms with Gasteiger partial charge in [-0.2, -0.15) is 0 Å². The number of rotatable bonds is 6. The van der Waals surface area contributed by atoms with Crippen LogP contribution >= 0.6 is 23.2 Å². The number of hydrogen-bond donors (Lipinski definition) is 1. The second kappa shape index (κ2) is 6.78. The van der Waals surface area contributed by atoms with Crippen molar-refractivity contribution >= 4 is 28.9 Å². The highest BCUT2D eigenvalue weighted by Gasteiger charge is 2.58. The number of para-hydroxylation sites is 1. The maximum atomic E-state index is 6.39. The van der Waals surface area contributed by atoms with Crippen molar-refractivity contribution in [3.8, 4) is 5.75 Å². The Hall–Kier alpha value is -1.72. The molecule has 6 heteroatoms. The molecule has 0 saturated heterocycles. The molecule has 1 saturated carbocycles. The van der Waals surface area contributed by atoms with Crippen LogP contribution in [0.5, 0.6) is 5.75 Å². The van der Waals surface area contributed by atoms with Gasteiger partial charge in [0.15, 0.2) is 5.60 Å². The van der Waals surface area contributed by atoms with Crippen molar-refractivity contribution in [2.24, 2.45) is 0 Å². The number of halogens is 2. The summed E-state index contributed by atoms with van der Waals surface area (Å²) >= 11 is 12.3. The molecule has 1 N–H and O–H groups in total. The fraction of sp³-hybridized carbons (Fsp3) is 0.300. The van der Waals surface area contributed by atoms with Crippen molar-refractivity contribution in [1.29, 1.82) is 0 Å². The highest BCUT2D eigenvalue weighted by Crippen LogP contribution is 2.61. The third-order valence-corrected chi connectivity index (χ3v) is 5.47. The second-order valence-electron chi connectivity index (χ2n) is 6.84. The van der Waals surface area contributed by atoms with Crippen LogP contribution in [-0.2, 0) is 10.4 Å². The molecule has 0 aromatic heterocycles. The Morgan fingerprint density at radius 2 is 1.96 bits per heavy atom. The largest absolute Gasteiger partial charge is 0.477 e. The number of hydroxylamine groups is 1. The number of nitrogens with one attached hydrogen (secondary N) is 1. The van der Waals surface area contributed by atoms with E-state index in [-0.39, 0.29) is 0 Å². The zero-order chi connectivity index (χ0) is 18.3. The van der Waals surface area contributed by atoms with Crippen LogP contribution in [0.15, 0.2) is 48.0 Å². The SMILES string of the molecule is CN(C)CCONC1=C2CC2(c2ccc(Cl)c(Cl)c2)Oc2ccccc21. The van der Waals surface area contributed by atoms with E-state index >= 15 is 0 Å². The molecule has 0 radical (unpaired) electrons. The van der Waals surface area contributed by atoms with Crippen LogP contribution in [0.25, 0.3) is 5.70 Å². The summed E-state index contributed by atoms with van der Waals surface area (Å²) < 4.78 is 6.39. The smallest absolute Gasteiger partial charge is 0.162 e. The molecule has 1 atom stereocenters. The molecule has 136 valence electrons. The van der Waals surface area contributed by atoms with Gasteiger partial charge in [-0.15, -0.1) is 0 Å². The highest BCUT2D eigenvalue weighted by molar-refractivity contribution is 6.42. The van der Waals surface area contributed by atoms with Gasteiger partial charge >= 0.3 is 0 Å². The summed E-state index contributed by atoms with van der Waals surface area (Å²) in [5, 5.41) is 1.07. The lowest BCUT2D eigenvalue weighted by Crippen LogP contribution is -2.26. The number of ether oxygens (including phenoxy) is 1. The fourth-order valence-corrected chi connectivity index (χ4v) is 3.55. The minimum absolute atomic E-state index is 0.490. The van der Waals surface area contributed by atoms with E-state index in [1.807, 2.05) is 56.6 Å². The maximum absolute atomic E-state index is 6.39. The van der Waals surface area contributed by atoms with E-state index in [0.29, 0.717) is 16.7 Å². The number of nitrogens with zero attached hydrogens (tertiary/aromatic N) is 1. The fourth-order valence-electron chi connectivity index (χ4n) is 3.26. The summed E-state index contributed by atoms with van der Waals surface area (Å²) in [6.45, 7) is 1.43. The summed E-state index contributed by atoms with van der Waals surface area (Å²) in [7, 11) is 4.04. The molecule has 26 heavy (non-hydrogen) atoms. The lowest BCUT2D eigenvalue weighted by molar-refractivity contribution is 0.0651. The summed E-state index contributed by atoms with van der Waals surface area (Å²) in [6, 6.07) is 13.7. The predicted octanol–water partition coefficient (Wildman–Crippen LogP) is 4.48. The van der Waals surface area contributed by atoms with Crippen molar-refractivity contribution < 1.29 is 9.57 Å². The number of benzene rings is 2. The Kier molecular flexibility index (Phi) is 4.61. The number of hydrogen-bond acceptors (Lipinski definition) is 4. The average molecular weight is 391 g/mol. The number of fused-ring (bicyclic) bond motifs is 2. The first-order valence-electron chi connectivity index (χ1n) is 8.51. The van der Waals surface area contributed by atoms with E-state index in [0.717, 1.165) is 35.5 Å². The van der Waals surface area contributed by atoms with Crippen LogP contribution in [0, 0.1) is 0 Å². The van der Waals surface area contributed by atoms with E-state index in [9.17, 15) is 0 Å². The molecule has 4 rings (SSSR count). The molecular weight excluding hydrogens is 371 g/mol. The van der Waals surface area contributed by atoms with E-state index in [1.165, 1.54) is 5.57 Å². The van der Waals surface area contributed by atoms with Gasteiger partial charge in [0.25, 0.3) is 0 Å². The van der Waals surface area contributed by atoms with Gasteiger partial charge in [0.05, 0.1) is 22.3 Å². The van der Waals surface area contributed by atoms with E-state index < -0.39 is 5.60 Å². The summed E-state index contributed by atoms with van der Waals surface area (Å²) in [5.74, 6) is 0.832. The average Bonchev–Trinajstić information content (AvgIpc) is 3.35. The van der Waals surface area contributed by atoms with Crippen molar-refractivity contribution in [3.05, 3.63) is 69.2 Å². The van der Waals surface area contributed by atoms with Crippen LogP contribution in [0.3, 0.4) is 0 Å². The first kappa shape index (κ1) is 17.7. The standard InChI is InChI=1S/C20H20Cl2N2O2/c1-24(2)9-10-25-23-19-14-5-3-4-6-18(14)26-20(12-15(19)20)13-7-8-16(21)17(22)11-13/h3-8,11,23H,9-10,12H2,1-2H3. The van der Waals surface area contributed by atoms with Gasteiger partial charge in [-0.05, 0) is 38.4 Å². The lowest BCUT2D eigenvalue weighted by atomic mass is 10.0. The van der Waals surface area contributed by atoms with E-state index in [1.54, 1.807) is 0 Å². The van der Waals surface area contributed by atoms with Gasteiger partial charge in [0.2, 0.25) is 0 Å². The van der Waals surface area contributed by atoms with Gasteiger partial charge in [-0.25, -0.2) is 0 Å². The normalized spacial score (nSPS) is 20.5. The van der Waals surface area contributed by atoms with Gasteiger partial charge in [-0.1, -0.05) is 41.4 Å². The number of likely N-dealkylation sites (N-methyl/N-ethyl adjacent to an activating group) is 1. The Bertz CT molecular complexity index is 882. The zero-order valence-corrected chi connectivity index (χ0v) is 16.2. The minimum atomic E-state index is -0.490. The molecule has 2 aliphatic rings. The lowest BCUT2D eigenvalue weighted by Gasteiger charge is -2.26. The van der Waals surface area contributed by atoms with Crippen molar-refractivity contribution in [1.82, 2.24) is 10.4 Å². The van der Waals surface area contributed by atoms with E-state index in [2.05, 4.69) is 10.4 Å². The molecule has 1 aliphatic carbocycles. The van der Waals surface area contributed by atoms with Crippen molar-refractivity contribution in [2.75, 3.05) is 27.2 Å². The first-order valence-corrected chi connectivity index (χ1v) is 9.27. The molecule has 1 aliphatic heterocycles. The van der Waals surface area contributed by atoms with Crippen LogP contribution in [0.4, 0.5) is 0 Å². The molecule has 1 fully saturated rings.